The molecule has 0 aliphatic carbocycles. The van der Waals surface area contributed by atoms with Crippen molar-refractivity contribution in [3.8, 4) is 5.75 Å². The number of likely N-dealkylation sites (tertiary alicyclic amines) is 2. The molecular formula is C28H35BF2N4O4. The van der Waals surface area contributed by atoms with E-state index in [4.69, 9.17) is 9.57 Å². The van der Waals surface area contributed by atoms with Crippen molar-refractivity contribution in [2.24, 2.45) is 5.16 Å². The predicted octanol–water partition coefficient (Wildman–Crippen LogP) is 3.41. The molecule has 1 amide bonds. The summed E-state index contributed by atoms with van der Waals surface area (Å²) >= 11 is 0. The fourth-order valence-electron chi connectivity index (χ4n) is 5.94. The van der Waals surface area contributed by atoms with E-state index in [1.165, 1.54) is 19.2 Å². The Kier molecular flexibility index (Phi) is 7.91. The van der Waals surface area contributed by atoms with Crippen molar-refractivity contribution in [2.75, 3.05) is 33.3 Å². The van der Waals surface area contributed by atoms with Gasteiger partial charge in [-0.2, -0.15) is 0 Å². The van der Waals surface area contributed by atoms with E-state index in [0.717, 1.165) is 11.3 Å². The quantitative estimate of drug-likeness (QED) is 0.447. The smallest absolute Gasteiger partial charge is 0.291 e. The number of rotatable bonds is 6. The van der Waals surface area contributed by atoms with Crippen molar-refractivity contribution in [2.45, 2.75) is 63.1 Å². The number of halogens is 2. The molecule has 0 saturated carbocycles. The van der Waals surface area contributed by atoms with Gasteiger partial charge in [0.1, 0.15) is 24.3 Å². The van der Waals surface area contributed by atoms with Gasteiger partial charge in [-0.15, -0.1) is 0 Å². The Morgan fingerprint density at radius 3 is 2.62 bits per heavy atom. The summed E-state index contributed by atoms with van der Waals surface area (Å²) in [6, 6.07) is 8.25. The average Bonchev–Trinajstić information content (AvgIpc) is 2.91. The second-order valence-corrected chi connectivity index (χ2v) is 11.1. The van der Waals surface area contributed by atoms with E-state index in [1.54, 1.807) is 24.0 Å². The van der Waals surface area contributed by atoms with Crippen molar-refractivity contribution in [1.29, 1.82) is 0 Å². The highest BCUT2D eigenvalue weighted by Crippen LogP contribution is 2.41. The van der Waals surface area contributed by atoms with Crippen LogP contribution >= 0.6 is 0 Å². The normalized spacial score (nSPS) is 21.4. The molecule has 2 aromatic rings. The van der Waals surface area contributed by atoms with Crippen LogP contribution in [0.5, 0.6) is 5.75 Å². The summed E-state index contributed by atoms with van der Waals surface area (Å²) in [6.07, 6.45) is 4.01. The summed E-state index contributed by atoms with van der Waals surface area (Å²) in [5, 5.41) is 13.8. The lowest BCUT2D eigenvalue weighted by Gasteiger charge is -2.46. The highest BCUT2D eigenvalue weighted by Gasteiger charge is 2.48. The van der Waals surface area contributed by atoms with Gasteiger partial charge in [-0.1, -0.05) is 12.0 Å². The molecule has 1 aromatic heterocycles. The standard InChI is InChI=1S/C28H35BF2N4O4/c1-29(37)18-22-15-20(5-10-32-22)19-34-11-8-28(31,9-12-34)26(36)35-13-6-27(7-14-35)17-24(33-38-2)23-16-21(30)3-4-25(23)39-27/h3-5,10,15-16,37H,6-9,11-14,17-19H2,1-2H3/b33-24-. The number of hydrogen-bond acceptors (Lipinski definition) is 7. The number of aromatic nitrogens is 1. The van der Waals surface area contributed by atoms with E-state index < -0.39 is 24.1 Å². The molecule has 2 saturated heterocycles. The van der Waals surface area contributed by atoms with Crippen LogP contribution in [0.4, 0.5) is 8.78 Å². The summed E-state index contributed by atoms with van der Waals surface area (Å²) in [5.74, 6) is -0.275. The number of alkyl halides is 1. The van der Waals surface area contributed by atoms with E-state index >= 15 is 4.39 Å². The highest BCUT2D eigenvalue weighted by atomic mass is 19.1. The lowest BCUT2D eigenvalue weighted by Crippen LogP contribution is -2.57. The summed E-state index contributed by atoms with van der Waals surface area (Å²) in [4.78, 5) is 26.4. The second kappa shape index (κ2) is 11.2. The third-order valence-electron chi connectivity index (χ3n) is 8.06. The van der Waals surface area contributed by atoms with Gasteiger partial charge in [0.2, 0.25) is 0 Å². The lowest BCUT2D eigenvalue weighted by atomic mass is 9.67. The van der Waals surface area contributed by atoms with Crippen LogP contribution in [-0.4, -0.2) is 82.9 Å². The number of oxime groups is 1. The van der Waals surface area contributed by atoms with Crippen LogP contribution in [0.15, 0.2) is 41.7 Å². The molecular weight excluding hydrogens is 505 g/mol. The Morgan fingerprint density at radius 2 is 1.92 bits per heavy atom. The molecule has 0 atom stereocenters. The summed E-state index contributed by atoms with van der Waals surface area (Å²) < 4.78 is 36.1. The zero-order chi connectivity index (χ0) is 27.6. The molecule has 208 valence electrons. The van der Waals surface area contributed by atoms with Crippen molar-refractivity contribution >= 4 is 18.5 Å². The predicted molar refractivity (Wildman–Crippen MR) is 144 cm³/mol. The molecule has 11 heteroatoms. The number of carbonyl (C=O) groups is 1. The van der Waals surface area contributed by atoms with E-state index in [2.05, 4.69) is 15.0 Å². The van der Waals surface area contributed by atoms with E-state index in [9.17, 15) is 14.2 Å². The number of fused-ring (bicyclic) bond motifs is 1. The van der Waals surface area contributed by atoms with Crippen molar-refractivity contribution < 1.29 is 28.2 Å². The minimum atomic E-state index is -1.88. The molecule has 8 nitrogen and oxygen atoms in total. The highest BCUT2D eigenvalue weighted by molar-refractivity contribution is 6.47. The van der Waals surface area contributed by atoms with Gasteiger partial charge in [-0.05, 0) is 42.2 Å². The Morgan fingerprint density at radius 1 is 1.18 bits per heavy atom. The van der Waals surface area contributed by atoms with E-state index in [-0.39, 0.29) is 18.7 Å². The zero-order valence-electron chi connectivity index (χ0n) is 22.5. The first kappa shape index (κ1) is 27.5. The van der Waals surface area contributed by atoms with Gasteiger partial charge in [0.05, 0.1) is 5.71 Å². The fraction of sp³-hybridized carbons (Fsp3) is 0.536. The zero-order valence-corrected chi connectivity index (χ0v) is 22.5. The van der Waals surface area contributed by atoms with Crippen LogP contribution in [-0.2, 0) is 22.5 Å². The van der Waals surface area contributed by atoms with Crippen molar-refractivity contribution in [3.05, 3.63) is 59.2 Å². The number of carbonyl (C=O) groups excluding carboxylic acids is 1. The molecule has 5 rings (SSSR count). The minimum Gasteiger partial charge on any atom is -0.486 e. The number of hydrogen-bond donors (Lipinski definition) is 1. The van der Waals surface area contributed by atoms with Gasteiger partial charge < -0.3 is 19.5 Å². The van der Waals surface area contributed by atoms with E-state index in [0.29, 0.717) is 75.3 Å². The van der Waals surface area contributed by atoms with Crippen LogP contribution in [0.25, 0.3) is 0 Å². The van der Waals surface area contributed by atoms with Crippen molar-refractivity contribution in [3.63, 3.8) is 0 Å². The number of benzene rings is 1. The van der Waals surface area contributed by atoms with Gasteiger partial charge in [-0.25, -0.2) is 8.78 Å². The minimum absolute atomic E-state index is 0.152. The van der Waals surface area contributed by atoms with Crippen LogP contribution in [0.3, 0.4) is 0 Å². The number of ether oxygens (including phenoxy) is 1. The molecule has 0 radical (unpaired) electrons. The molecule has 39 heavy (non-hydrogen) atoms. The van der Waals surface area contributed by atoms with Crippen LogP contribution in [0.1, 0.15) is 48.9 Å². The van der Waals surface area contributed by atoms with Gasteiger partial charge in [0, 0.05) is 82.3 Å². The number of amides is 1. The Labute approximate surface area is 228 Å². The molecule has 3 aliphatic heterocycles. The van der Waals surface area contributed by atoms with Crippen molar-refractivity contribution in [1.82, 2.24) is 14.8 Å². The van der Waals surface area contributed by atoms with Gasteiger partial charge in [-0.3, -0.25) is 14.7 Å². The second-order valence-electron chi connectivity index (χ2n) is 11.1. The molecule has 2 fully saturated rings. The topological polar surface area (TPSA) is 87.5 Å². The first-order chi connectivity index (χ1) is 18.7. The fourth-order valence-corrected chi connectivity index (χ4v) is 5.94. The maximum atomic E-state index is 15.9. The van der Waals surface area contributed by atoms with Crippen LogP contribution in [0, 0.1) is 5.82 Å². The van der Waals surface area contributed by atoms with Gasteiger partial charge in [0.15, 0.2) is 5.67 Å². The maximum Gasteiger partial charge on any atom is 0.291 e. The molecule has 0 unspecified atom stereocenters. The number of pyridine rings is 1. The molecule has 3 aliphatic rings. The summed E-state index contributed by atoms with van der Waals surface area (Å²) in [5.41, 5.74) is 0.601. The maximum absolute atomic E-state index is 15.9. The summed E-state index contributed by atoms with van der Waals surface area (Å²) in [7, 11) is 1.45. The summed E-state index contributed by atoms with van der Waals surface area (Å²) in [6.45, 7) is 3.66. The average molecular weight is 540 g/mol. The largest absolute Gasteiger partial charge is 0.486 e. The lowest BCUT2D eigenvalue weighted by molar-refractivity contribution is -0.151. The first-order valence-corrected chi connectivity index (χ1v) is 13.6. The monoisotopic (exact) mass is 540 g/mol. The third-order valence-corrected chi connectivity index (χ3v) is 8.06. The van der Waals surface area contributed by atoms with Gasteiger partial charge >= 0.3 is 0 Å². The first-order valence-electron chi connectivity index (χ1n) is 13.6. The van der Waals surface area contributed by atoms with Gasteiger partial charge in [0.25, 0.3) is 12.8 Å². The third kappa shape index (κ3) is 6.09. The Hall–Kier alpha value is -3.05. The number of piperidine rings is 2. The number of nitrogens with zero attached hydrogens (tertiary/aromatic N) is 4. The van der Waals surface area contributed by atoms with Crippen LogP contribution < -0.4 is 4.74 Å². The Balaban J connectivity index is 1.17. The molecule has 1 spiro atoms. The molecule has 4 heterocycles. The molecule has 0 bridgehead atoms. The van der Waals surface area contributed by atoms with Crippen LogP contribution in [0.2, 0.25) is 6.82 Å². The van der Waals surface area contributed by atoms with E-state index in [1.807, 2.05) is 12.1 Å². The SMILES string of the molecule is CO/N=C1/CC2(CCN(C(=O)C3(F)CCN(Cc4ccnc(CB(C)O)c4)CC3)CC2)Oc2ccc(F)cc21. The molecule has 1 aromatic carbocycles. The molecule has 1 N–H and O–H groups in total. The Bertz CT molecular complexity index is 1230.